The predicted molar refractivity (Wildman–Crippen MR) is 108 cm³/mol. The fourth-order valence-corrected chi connectivity index (χ4v) is 7.75. The van der Waals surface area contributed by atoms with E-state index in [1.165, 1.54) is 11.1 Å². The lowest BCUT2D eigenvalue weighted by molar-refractivity contribution is -0.201. The number of methoxy groups -OCH3 is 2. The molecular formula is C23H28N2O4. The van der Waals surface area contributed by atoms with Gasteiger partial charge in [-0.1, -0.05) is 23.4 Å². The van der Waals surface area contributed by atoms with Gasteiger partial charge in [-0.05, 0) is 51.4 Å². The molecule has 6 atom stereocenters. The van der Waals surface area contributed by atoms with Crippen molar-refractivity contribution in [2.24, 2.45) is 16.5 Å². The molecule has 1 aromatic rings. The second-order valence-corrected chi connectivity index (χ2v) is 9.48. The van der Waals surface area contributed by atoms with E-state index in [0.717, 1.165) is 37.3 Å². The summed E-state index contributed by atoms with van der Waals surface area (Å²) >= 11 is 0. The van der Waals surface area contributed by atoms with Gasteiger partial charge in [-0.2, -0.15) is 0 Å². The van der Waals surface area contributed by atoms with Crippen LogP contribution in [0.5, 0.6) is 11.5 Å². The number of nitrogens with zero attached hydrogens (tertiary/aromatic N) is 2. The van der Waals surface area contributed by atoms with Crippen LogP contribution in [-0.4, -0.2) is 61.4 Å². The molecule has 4 aliphatic carbocycles. The largest absolute Gasteiger partial charge is 0.493 e. The molecule has 0 unspecified atom stereocenters. The van der Waals surface area contributed by atoms with E-state index in [9.17, 15) is 5.21 Å². The monoisotopic (exact) mass is 396 g/mol. The molecule has 2 fully saturated rings. The molecule has 7 rings (SSSR count). The van der Waals surface area contributed by atoms with Gasteiger partial charge in [0.05, 0.1) is 18.2 Å². The first kappa shape index (κ1) is 17.8. The highest BCUT2D eigenvalue weighted by molar-refractivity contribution is 5.87. The van der Waals surface area contributed by atoms with Crippen molar-refractivity contribution in [3.8, 4) is 11.5 Å². The van der Waals surface area contributed by atoms with Gasteiger partial charge in [-0.25, -0.2) is 0 Å². The Hall–Kier alpha value is -2.05. The number of piperidine rings is 1. The summed E-state index contributed by atoms with van der Waals surface area (Å²) < 4.78 is 18.8. The maximum absolute atomic E-state index is 9.68. The van der Waals surface area contributed by atoms with Crippen LogP contribution in [0.2, 0.25) is 0 Å². The van der Waals surface area contributed by atoms with E-state index in [0.29, 0.717) is 11.8 Å². The Labute approximate surface area is 171 Å². The summed E-state index contributed by atoms with van der Waals surface area (Å²) in [7, 11) is 5.72. The molecule has 1 aromatic carbocycles. The van der Waals surface area contributed by atoms with Crippen molar-refractivity contribution in [1.29, 1.82) is 0 Å². The fraction of sp³-hybridized carbons (Fsp3) is 0.609. The molecule has 1 saturated heterocycles. The first-order chi connectivity index (χ1) is 14.0. The molecule has 2 heterocycles. The fourth-order valence-electron chi connectivity index (χ4n) is 7.75. The highest BCUT2D eigenvalue weighted by Crippen LogP contribution is 2.74. The minimum absolute atomic E-state index is 0.0310. The van der Waals surface area contributed by atoms with Crippen molar-refractivity contribution < 1.29 is 19.4 Å². The van der Waals surface area contributed by atoms with Crippen LogP contribution in [0.1, 0.15) is 30.9 Å². The lowest BCUT2D eigenvalue weighted by atomic mass is 9.37. The lowest BCUT2D eigenvalue weighted by Crippen LogP contribution is -2.79. The van der Waals surface area contributed by atoms with Gasteiger partial charge < -0.3 is 24.3 Å². The van der Waals surface area contributed by atoms with Gasteiger partial charge in [0, 0.05) is 30.0 Å². The zero-order valence-electron chi connectivity index (χ0n) is 17.4. The second kappa shape index (κ2) is 5.35. The van der Waals surface area contributed by atoms with E-state index in [4.69, 9.17) is 14.2 Å². The third-order valence-corrected chi connectivity index (χ3v) is 8.94. The first-order valence-electron chi connectivity index (χ1n) is 10.5. The van der Waals surface area contributed by atoms with Crippen molar-refractivity contribution >= 4 is 5.71 Å². The molecule has 0 aromatic heterocycles. The minimum atomic E-state index is -0.656. The van der Waals surface area contributed by atoms with E-state index in [1.807, 2.05) is 13.0 Å². The quantitative estimate of drug-likeness (QED) is 0.368. The Kier molecular flexibility index (Phi) is 3.28. The van der Waals surface area contributed by atoms with Crippen molar-refractivity contribution in [3.63, 3.8) is 0 Å². The van der Waals surface area contributed by atoms with Crippen molar-refractivity contribution in [2.75, 3.05) is 27.8 Å². The SMILES string of the molecule is COc1ccc2c3c1O[C@@H]1[C@@]4(OC)C=C[C@@]5(C[C@@H]4C(C)=NO)[C@@H](C2)N(C)CC[C@@]315. The van der Waals surface area contributed by atoms with Crippen LogP contribution in [0.4, 0.5) is 0 Å². The van der Waals surface area contributed by atoms with E-state index >= 15 is 0 Å². The van der Waals surface area contributed by atoms with Crippen LogP contribution in [0.15, 0.2) is 29.4 Å². The van der Waals surface area contributed by atoms with Crippen LogP contribution in [0.3, 0.4) is 0 Å². The number of likely N-dealkylation sites (N-methyl/N-ethyl adjacent to an activating group) is 1. The van der Waals surface area contributed by atoms with Crippen molar-refractivity contribution in [1.82, 2.24) is 4.90 Å². The Bertz CT molecular complexity index is 974. The highest BCUT2D eigenvalue weighted by Gasteiger charge is 2.79. The summed E-state index contributed by atoms with van der Waals surface area (Å²) in [5.74, 6) is 1.66. The van der Waals surface area contributed by atoms with Gasteiger partial charge in [0.15, 0.2) is 11.5 Å². The van der Waals surface area contributed by atoms with Gasteiger partial charge in [0.25, 0.3) is 0 Å². The topological polar surface area (TPSA) is 63.5 Å². The molecule has 1 saturated carbocycles. The smallest absolute Gasteiger partial charge is 0.166 e. The van der Waals surface area contributed by atoms with Gasteiger partial charge in [0.2, 0.25) is 0 Å². The third-order valence-electron chi connectivity index (χ3n) is 8.94. The van der Waals surface area contributed by atoms with E-state index in [-0.39, 0.29) is 22.9 Å². The molecule has 2 aliphatic heterocycles. The van der Waals surface area contributed by atoms with Crippen LogP contribution >= 0.6 is 0 Å². The summed E-state index contributed by atoms with van der Waals surface area (Å²) in [6, 6.07) is 4.66. The van der Waals surface area contributed by atoms with Crippen LogP contribution in [-0.2, 0) is 16.6 Å². The van der Waals surface area contributed by atoms with Crippen LogP contribution in [0.25, 0.3) is 0 Å². The molecule has 6 aliphatic rings. The Morgan fingerprint density at radius 3 is 2.86 bits per heavy atom. The van der Waals surface area contributed by atoms with Crippen molar-refractivity contribution in [3.05, 3.63) is 35.4 Å². The minimum Gasteiger partial charge on any atom is -0.493 e. The first-order valence-corrected chi connectivity index (χ1v) is 10.5. The number of fused-ring (bicyclic) bond motifs is 1. The summed E-state index contributed by atoms with van der Waals surface area (Å²) in [5, 5.41) is 13.3. The summed E-state index contributed by atoms with van der Waals surface area (Å²) in [5.41, 5.74) is 2.56. The van der Waals surface area contributed by atoms with E-state index < -0.39 is 5.60 Å². The van der Waals surface area contributed by atoms with Crippen LogP contribution in [0, 0.1) is 11.3 Å². The molecule has 6 heteroatoms. The summed E-state index contributed by atoms with van der Waals surface area (Å²) in [6.45, 7) is 2.94. The van der Waals surface area contributed by atoms with Gasteiger partial charge >= 0.3 is 0 Å². The molecule has 0 radical (unpaired) electrons. The molecule has 6 nitrogen and oxygen atoms in total. The number of hydrogen-bond donors (Lipinski definition) is 1. The molecule has 154 valence electrons. The Morgan fingerprint density at radius 1 is 1.31 bits per heavy atom. The number of oxime groups is 1. The number of rotatable bonds is 3. The zero-order chi connectivity index (χ0) is 20.2. The predicted octanol–water partition coefficient (Wildman–Crippen LogP) is 2.77. The molecule has 2 spiro atoms. The number of likely N-dealkylation sites (tertiary alicyclic amines) is 1. The van der Waals surface area contributed by atoms with Gasteiger partial charge in [-0.15, -0.1) is 0 Å². The maximum atomic E-state index is 9.68. The molecule has 1 N–H and O–H groups in total. The highest BCUT2D eigenvalue weighted by atomic mass is 16.6. The Balaban J connectivity index is 1.70. The van der Waals surface area contributed by atoms with Crippen LogP contribution < -0.4 is 9.47 Å². The third kappa shape index (κ3) is 1.65. The molecule has 29 heavy (non-hydrogen) atoms. The number of benzene rings is 1. The number of ether oxygens (including phenoxy) is 3. The average Bonchev–Trinajstić information content (AvgIpc) is 3.12. The zero-order valence-corrected chi connectivity index (χ0v) is 17.4. The maximum Gasteiger partial charge on any atom is 0.166 e. The summed E-state index contributed by atoms with van der Waals surface area (Å²) in [6.07, 6.45) is 7.39. The van der Waals surface area contributed by atoms with E-state index in [2.05, 4.69) is 35.3 Å². The Morgan fingerprint density at radius 2 is 2.14 bits per heavy atom. The van der Waals surface area contributed by atoms with Gasteiger partial charge in [0.1, 0.15) is 11.7 Å². The number of hydrogen-bond acceptors (Lipinski definition) is 6. The standard InChI is InChI=1S/C23H28N2O4/c1-13(24-26)15-12-21-7-8-23(15,28-4)20-22(21)9-10-25(2)17(21)11-14-5-6-16(27-3)19(29-20)18(14)22/h5-8,15,17,20,26H,9-12H2,1-4H3/t15-,17-,20+,21-,22-,23-/m1/s1. The lowest BCUT2D eigenvalue weighted by Gasteiger charge is -2.71. The van der Waals surface area contributed by atoms with Gasteiger partial charge in [-0.3, -0.25) is 0 Å². The molecule has 0 amide bonds. The second-order valence-electron chi connectivity index (χ2n) is 9.48. The summed E-state index contributed by atoms with van der Waals surface area (Å²) in [4.78, 5) is 2.52. The molecular weight excluding hydrogens is 368 g/mol. The van der Waals surface area contributed by atoms with Crippen molar-refractivity contribution in [2.45, 2.75) is 49.3 Å². The molecule has 4 bridgehead atoms. The van der Waals surface area contributed by atoms with E-state index in [1.54, 1.807) is 14.2 Å². The normalized spacial score (nSPS) is 43.9. The average molecular weight is 396 g/mol.